The summed E-state index contributed by atoms with van der Waals surface area (Å²) in [6, 6.07) is 0. The summed E-state index contributed by atoms with van der Waals surface area (Å²) >= 11 is 1.71. The zero-order chi connectivity index (χ0) is 13.7. The number of amides is 1. The molecule has 0 aliphatic carbocycles. The van der Waals surface area contributed by atoms with Gasteiger partial charge in [0.05, 0.1) is 11.1 Å². The van der Waals surface area contributed by atoms with Crippen molar-refractivity contribution in [3.05, 3.63) is 16.1 Å². The van der Waals surface area contributed by atoms with Crippen LogP contribution in [-0.2, 0) is 22.4 Å². The van der Waals surface area contributed by atoms with Gasteiger partial charge in [0, 0.05) is 30.6 Å². The number of hydrogen-bond acceptors (Lipinski definition) is 5. The van der Waals surface area contributed by atoms with Gasteiger partial charge in [0.25, 0.3) is 0 Å². The van der Waals surface area contributed by atoms with E-state index in [0.29, 0.717) is 13.1 Å². The number of rotatable bonds is 6. The van der Waals surface area contributed by atoms with Gasteiger partial charge in [0.15, 0.2) is 0 Å². The molecule has 0 radical (unpaired) electrons. The van der Waals surface area contributed by atoms with Gasteiger partial charge in [-0.1, -0.05) is 6.92 Å². The average molecular weight is 356 g/mol. The number of thiazole rings is 1. The molecular formula is C13H23Cl2N3O2S. The van der Waals surface area contributed by atoms with Gasteiger partial charge < -0.3 is 15.8 Å². The zero-order valence-corrected chi connectivity index (χ0v) is 14.5. The minimum Gasteiger partial charge on any atom is -0.364 e. The molecule has 8 heteroatoms. The molecule has 1 saturated heterocycles. The summed E-state index contributed by atoms with van der Waals surface area (Å²) in [5.41, 5.74) is 5.52. The summed E-state index contributed by atoms with van der Waals surface area (Å²) in [5, 5.41) is 3.98. The molecule has 1 aromatic heterocycles. The number of nitrogens with one attached hydrogen (secondary N) is 1. The normalized spacial score (nSPS) is 20.5. The Morgan fingerprint density at radius 3 is 2.86 bits per heavy atom. The van der Waals surface area contributed by atoms with E-state index in [9.17, 15) is 4.79 Å². The van der Waals surface area contributed by atoms with Crippen LogP contribution in [0, 0.1) is 0 Å². The number of carbonyl (C=O) groups is 1. The molecule has 21 heavy (non-hydrogen) atoms. The number of ether oxygens (including phenoxy) is 1. The van der Waals surface area contributed by atoms with Crippen LogP contribution in [0.2, 0.25) is 0 Å². The number of halogens is 2. The van der Waals surface area contributed by atoms with E-state index in [1.165, 1.54) is 4.88 Å². The Bertz CT molecular complexity index is 431. The Kier molecular flexibility index (Phi) is 10.1. The van der Waals surface area contributed by atoms with Crippen molar-refractivity contribution in [2.24, 2.45) is 5.73 Å². The Balaban J connectivity index is 0.00000200. The first-order chi connectivity index (χ1) is 9.22. The number of nitrogens with zero attached hydrogens (tertiary/aromatic N) is 1. The van der Waals surface area contributed by atoms with E-state index < -0.39 is 0 Å². The summed E-state index contributed by atoms with van der Waals surface area (Å²) in [4.78, 5) is 17.5. The highest BCUT2D eigenvalue weighted by atomic mass is 35.5. The molecule has 0 unspecified atom stereocenters. The smallest absolute Gasteiger partial charge is 0.249 e. The fraction of sp³-hybridized carbons (Fsp3) is 0.692. The lowest BCUT2D eigenvalue weighted by atomic mass is 10.2. The SMILES string of the molecule is CCc1cnc(CCNC(=O)[C@@H]2CC[C@H](CN)O2)s1.Cl.Cl. The predicted octanol–water partition coefficient (Wildman–Crippen LogP) is 1.71. The highest BCUT2D eigenvalue weighted by molar-refractivity contribution is 7.11. The lowest BCUT2D eigenvalue weighted by Gasteiger charge is -2.12. The second-order valence-corrected chi connectivity index (χ2v) is 5.87. The monoisotopic (exact) mass is 355 g/mol. The fourth-order valence-corrected chi connectivity index (χ4v) is 2.97. The molecule has 1 aliphatic rings. The van der Waals surface area contributed by atoms with Crippen molar-refractivity contribution >= 4 is 42.1 Å². The Hall–Kier alpha value is -0.400. The third-order valence-electron chi connectivity index (χ3n) is 3.25. The largest absolute Gasteiger partial charge is 0.364 e. The molecule has 0 spiro atoms. The number of aryl methyl sites for hydroxylation is 1. The molecule has 5 nitrogen and oxygen atoms in total. The topological polar surface area (TPSA) is 77.2 Å². The molecular weight excluding hydrogens is 333 g/mol. The van der Waals surface area contributed by atoms with Crippen LogP contribution in [0.1, 0.15) is 29.7 Å². The number of carbonyl (C=O) groups excluding carboxylic acids is 1. The minimum absolute atomic E-state index is 0. The summed E-state index contributed by atoms with van der Waals surface area (Å²) in [6.07, 6.45) is 5.07. The molecule has 1 amide bonds. The van der Waals surface area contributed by atoms with Gasteiger partial charge >= 0.3 is 0 Å². The van der Waals surface area contributed by atoms with Gasteiger partial charge in [0.1, 0.15) is 6.10 Å². The second-order valence-electron chi connectivity index (χ2n) is 4.67. The molecule has 2 heterocycles. The van der Waals surface area contributed by atoms with Crippen LogP contribution in [-0.4, -0.2) is 36.2 Å². The summed E-state index contributed by atoms with van der Waals surface area (Å²) in [7, 11) is 0. The Labute approximate surface area is 141 Å². The van der Waals surface area contributed by atoms with Crippen molar-refractivity contribution in [2.75, 3.05) is 13.1 Å². The molecule has 1 aromatic rings. The molecule has 0 saturated carbocycles. The van der Waals surface area contributed by atoms with E-state index in [4.69, 9.17) is 10.5 Å². The third-order valence-corrected chi connectivity index (χ3v) is 4.45. The summed E-state index contributed by atoms with van der Waals surface area (Å²) in [5.74, 6) is -0.0248. The highest BCUT2D eigenvalue weighted by Crippen LogP contribution is 2.19. The van der Waals surface area contributed by atoms with Crippen LogP contribution in [0.15, 0.2) is 6.20 Å². The van der Waals surface area contributed by atoms with Gasteiger partial charge in [-0.25, -0.2) is 4.98 Å². The van der Waals surface area contributed by atoms with Crippen molar-refractivity contribution in [1.82, 2.24) is 10.3 Å². The third kappa shape index (κ3) is 6.08. The second kappa shape index (κ2) is 10.3. The van der Waals surface area contributed by atoms with Crippen LogP contribution < -0.4 is 11.1 Å². The van der Waals surface area contributed by atoms with Crippen LogP contribution in [0.5, 0.6) is 0 Å². The molecule has 2 atom stereocenters. The van der Waals surface area contributed by atoms with Crippen molar-refractivity contribution in [2.45, 2.75) is 44.8 Å². The minimum atomic E-state index is -0.323. The highest BCUT2D eigenvalue weighted by Gasteiger charge is 2.29. The molecule has 1 fully saturated rings. The standard InChI is InChI=1S/C13H21N3O2S.2ClH/c1-2-10-8-16-12(19-10)5-6-15-13(17)11-4-3-9(7-14)18-11;;/h8-9,11H,2-7,14H2,1H3,(H,15,17);2*1H/t9-,11+;;/m1../s1. The van der Waals surface area contributed by atoms with Gasteiger partial charge in [-0.15, -0.1) is 36.2 Å². The van der Waals surface area contributed by atoms with E-state index in [1.807, 2.05) is 6.20 Å². The van der Waals surface area contributed by atoms with Crippen LogP contribution in [0.4, 0.5) is 0 Å². The molecule has 3 N–H and O–H groups in total. The van der Waals surface area contributed by atoms with E-state index in [2.05, 4.69) is 17.2 Å². The van der Waals surface area contributed by atoms with Gasteiger partial charge in [-0.05, 0) is 19.3 Å². The maximum Gasteiger partial charge on any atom is 0.249 e. The van der Waals surface area contributed by atoms with Crippen LogP contribution in [0.3, 0.4) is 0 Å². The molecule has 122 valence electrons. The van der Waals surface area contributed by atoms with Crippen molar-refractivity contribution < 1.29 is 9.53 Å². The quantitative estimate of drug-likeness (QED) is 0.814. The van der Waals surface area contributed by atoms with Gasteiger partial charge in [-0.2, -0.15) is 0 Å². The zero-order valence-electron chi connectivity index (χ0n) is 12.0. The average Bonchev–Trinajstić information content (AvgIpc) is 3.07. The van der Waals surface area contributed by atoms with Crippen molar-refractivity contribution in [1.29, 1.82) is 0 Å². The van der Waals surface area contributed by atoms with Crippen LogP contribution >= 0.6 is 36.2 Å². The maximum atomic E-state index is 11.9. The summed E-state index contributed by atoms with van der Waals surface area (Å²) < 4.78 is 5.55. The first-order valence-electron chi connectivity index (χ1n) is 6.79. The Morgan fingerprint density at radius 2 is 2.29 bits per heavy atom. The fourth-order valence-electron chi connectivity index (χ4n) is 2.11. The van der Waals surface area contributed by atoms with E-state index in [-0.39, 0.29) is 42.9 Å². The van der Waals surface area contributed by atoms with E-state index >= 15 is 0 Å². The van der Waals surface area contributed by atoms with E-state index in [0.717, 1.165) is 30.7 Å². The molecule has 2 rings (SSSR count). The lowest BCUT2D eigenvalue weighted by Crippen LogP contribution is -2.36. The van der Waals surface area contributed by atoms with Crippen molar-refractivity contribution in [3.8, 4) is 0 Å². The van der Waals surface area contributed by atoms with Gasteiger partial charge in [-0.3, -0.25) is 4.79 Å². The molecule has 0 aromatic carbocycles. The first kappa shape index (κ1) is 20.6. The number of hydrogen-bond donors (Lipinski definition) is 2. The van der Waals surface area contributed by atoms with Crippen LogP contribution in [0.25, 0.3) is 0 Å². The lowest BCUT2D eigenvalue weighted by molar-refractivity contribution is -0.131. The van der Waals surface area contributed by atoms with E-state index in [1.54, 1.807) is 11.3 Å². The summed E-state index contributed by atoms with van der Waals surface area (Å²) in [6.45, 7) is 3.22. The predicted molar refractivity (Wildman–Crippen MR) is 89.7 cm³/mol. The Morgan fingerprint density at radius 1 is 1.52 bits per heavy atom. The van der Waals surface area contributed by atoms with Crippen molar-refractivity contribution in [3.63, 3.8) is 0 Å². The first-order valence-corrected chi connectivity index (χ1v) is 7.61. The number of nitrogens with two attached hydrogens (primary N) is 1. The maximum absolute atomic E-state index is 11.9. The molecule has 0 bridgehead atoms. The molecule has 1 aliphatic heterocycles. The number of aromatic nitrogens is 1. The van der Waals surface area contributed by atoms with Gasteiger partial charge in [0.2, 0.25) is 5.91 Å².